The molecule has 5 aromatic rings. The Bertz CT molecular complexity index is 1250. The van der Waals surface area contributed by atoms with E-state index < -0.39 is 0 Å². The predicted octanol–water partition coefficient (Wildman–Crippen LogP) is 7.63. The predicted molar refractivity (Wildman–Crippen MR) is 113 cm³/mol. The molecule has 0 aliphatic rings. The van der Waals surface area contributed by atoms with Crippen molar-refractivity contribution in [3.63, 3.8) is 0 Å². The highest BCUT2D eigenvalue weighted by Gasteiger charge is 2.13. The highest BCUT2D eigenvalue weighted by atomic mass is 79.9. The first-order valence-corrected chi connectivity index (χ1v) is 9.36. The number of halogens is 1. The lowest BCUT2D eigenvalue weighted by Gasteiger charge is -2.16. The smallest absolute Gasteiger partial charge is 0.0207 e. The topological polar surface area (TPSA) is 0 Å². The summed E-state index contributed by atoms with van der Waals surface area (Å²) in [7, 11) is 0. The van der Waals surface area contributed by atoms with Gasteiger partial charge >= 0.3 is 0 Å². The molecular formula is C24H17Br. The fraction of sp³-hybridized carbons (Fsp3) is 0.0833. The van der Waals surface area contributed by atoms with E-state index in [-0.39, 0.29) is 0 Å². The number of rotatable bonds is 1. The van der Waals surface area contributed by atoms with Crippen molar-refractivity contribution in [2.24, 2.45) is 0 Å². The number of hydrogen-bond donors (Lipinski definition) is 0. The van der Waals surface area contributed by atoms with Gasteiger partial charge in [0.15, 0.2) is 0 Å². The first-order chi connectivity index (χ1) is 12.1. The molecule has 0 nitrogen and oxygen atoms in total. The van der Waals surface area contributed by atoms with Crippen molar-refractivity contribution in [1.29, 1.82) is 0 Å². The summed E-state index contributed by atoms with van der Waals surface area (Å²) >= 11 is 3.66. The molecular weight excluding hydrogens is 368 g/mol. The largest absolute Gasteiger partial charge is 0.0610 e. The van der Waals surface area contributed by atoms with Gasteiger partial charge in [-0.15, -0.1) is 0 Å². The third-order valence-electron chi connectivity index (χ3n) is 5.32. The standard InChI is InChI=1S/C24H17Br/c1-14-13-22(25)15(2)12-21(14)19-10-8-18-7-6-16-4-3-5-17-9-11-20(19)24(18)23(16)17/h3-13H,1-2H3. The van der Waals surface area contributed by atoms with Crippen molar-refractivity contribution in [2.75, 3.05) is 0 Å². The van der Waals surface area contributed by atoms with E-state index in [0.717, 1.165) is 0 Å². The normalized spacial score (nSPS) is 11.8. The molecule has 5 aromatic carbocycles. The number of hydrogen-bond acceptors (Lipinski definition) is 0. The van der Waals surface area contributed by atoms with Gasteiger partial charge in [-0.05, 0) is 74.5 Å². The van der Waals surface area contributed by atoms with Crippen molar-refractivity contribution >= 4 is 48.2 Å². The van der Waals surface area contributed by atoms with E-state index >= 15 is 0 Å². The van der Waals surface area contributed by atoms with Crippen LogP contribution in [0.3, 0.4) is 0 Å². The second-order valence-corrected chi connectivity index (χ2v) is 7.74. The second kappa shape index (κ2) is 5.31. The molecule has 0 saturated carbocycles. The summed E-state index contributed by atoms with van der Waals surface area (Å²) in [5.41, 5.74) is 5.20. The van der Waals surface area contributed by atoms with Gasteiger partial charge in [-0.3, -0.25) is 0 Å². The van der Waals surface area contributed by atoms with Crippen LogP contribution in [0.5, 0.6) is 0 Å². The summed E-state index contributed by atoms with van der Waals surface area (Å²) in [6, 6.07) is 24.7. The Morgan fingerprint density at radius 2 is 1.24 bits per heavy atom. The lowest BCUT2D eigenvalue weighted by molar-refractivity contribution is 1.37. The van der Waals surface area contributed by atoms with E-state index in [1.807, 2.05) is 0 Å². The van der Waals surface area contributed by atoms with Crippen molar-refractivity contribution in [2.45, 2.75) is 13.8 Å². The maximum atomic E-state index is 3.66. The Morgan fingerprint density at radius 3 is 2.00 bits per heavy atom. The second-order valence-electron chi connectivity index (χ2n) is 6.89. The first-order valence-electron chi connectivity index (χ1n) is 8.57. The molecule has 25 heavy (non-hydrogen) atoms. The van der Waals surface area contributed by atoms with Gasteiger partial charge in [0.05, 0.1) is 0 Å². The van der Waals surface area contributed by atoms with Gasteiger partial charge in [0.2, 0.25) is 0 Å². The summed E-state index contributed by atoms with van der Waals surface area (Å²) < 4.78 is 1.17. The van der Waals surface area contributed by atoms with Crippen molar-refractivity contribution in [3.8, 4) is 11.1 Å². The zero-order valence-corrected chi connectivity index (χ0v) is 15.8. The molecule has 0 N–H and O–H groups in total. The third kappa shape index (κ3) is 2.12. The Kier molecular flexibility index (Phi) is 3.17. The minimum absolute atomic E-state index is 1.17. The van der Waals surface area contributed by atoms with Crippen LogP contribution in [0, 0.1) is 13.8 Å². The Labute approximate surface area is 155 Å². The molecule has 120 valence electrons. The Balaban J connectivity index is 1.96. The van der Waals surface area contributed by atoms with E-state index in [1.54, 1.807) is 0 Å². The number of benzene rings is 5. The average molecular weight is 385 g/mol. The van der Waals surface area contributed by atoms with Crippen LogP contribution in [0.4, 0.5) is 0 Å². The molecule has 0 saturated heterocycles. The summed E-state index contributed by atoms with van der Waals surface area (Å²) in [5, 5.41) is 8.05. The monoisotopic (exact) mass is 384 g/mol. The van der Waals surface area contributed by atoms with Gasteiger partial charge in [0.25, 0.3) is 0 Å². The van der Waals surface area contributed by atoms with Crippen LogP contribution in [0.15, 0.2) is 71.2 Å². The molecule has 5 rings (SSSR count). The zero-order valence-electron chi connectivity index (χ0n) is 14.2. The fourth-order valence-electron chi connectivity index (χ4n) is 4.04. The molecule has 0 aromatic heterocycles. The van der Waals surface area contributed by atoms with Gasteiger partial charge in [-0.25, -0.2) is 0 Å². The lowest BCUT2D eigenvalue weighted by Crippen LogP contribution is -1.90. The summed E-state index contributed by atoms with van der Waals surface area (Å²) in [5.74, 6) is 0. The quantitative estimate of drug-likeness (QED) is 0.260. The molecule has 0 aliphatic heterocycles. The molecule has 0 unspecified atom stereocenters. The van der Waals surface area contributed by atoms with Crippen LogP contribution < -0.4 is 0 Å². The third-order valence-corrected chi connectivity index (χ3v) is 6.18. The van der Waals surface area contributed by atoms with E-state index in [2.05, 4.69) is 96.5 Å². The van der Waals surface area contributed by atoms with E-state index in [9.17, 15) is 0 Å². The van der Waals surface area contributed by atoms with Gasteiger partial charge in [-0.1, -0.05) is 76.6 Å². The zero-order chi connectivity index (χ0) is 17.1. The van der Waals surface area contributed by atoms with Crippen LogP contribution in [0.25, 0.3) is 43.4 Å². The minimum Gasteiger partial charge on any atom is -0.0610 e. The molecule has 1 heteroatoms. The van der Waals surface area contributed by atoms with Crippen LogP contribution in [-0.4, -0.2) is 0 Å². The van der Waals surface area contributed by atoms with E-state index in [4.69, 9.17) is 0 Å². The van der Waals surface area contributed by atoms with Crippen LogP contribution in [0.1, 0.15) is 11.1 Å². The average Bonchev–Trinajstić information content (AvgIpc) is 2.63. The maximum absolute atomic E-state index is 3.66. The maximum Gasteiger partial charge on any atom is 0.0207 e. The lowest BCUT2D eigenvalue weighted by atomic mass is 9.88. The molecule has 0 amide bonds. The minimum atomic E-state index is 1.17. The van der Waals surface area contributed by atoms with Gasteiger partial charge in [-0.2, -0.15) is 0 Å². The van der Waals surface area contributed by atoms with Crippen molar-refractivity contribution in [1.82, 2.24) is 0 Å². The van der Waals surface area contributed by atoms with Crippen molar-refractivity contribution in [3.05, 3.63) is 82.3 Å². The van der Waals surface area contributed by atoms with Gasteiger partial charge in [0, 0.05) is 4.47 Å². The number of aryl methyl sites for hydroxylation is 2. The van der Waals surface area contributed by atoms with Gasteiger partial charge in [0.1, 0.15) is 0 Å². The molecule has 0 heterocycles. The summed E-state index contributed by atoms with van der Waals surface area (Å²) in [6.07, 6.45) is 0. The molecule has 0 radical (unpaired) electrons. The van der Waals surface area contributed by atoms with Crippen LogP contribution >= 0.6 is 15.9 Å². The summed E-state index contributed by atoms with van der Waals surface area (Å²) in [6.45, 7) is 4.35. The fourth-order valence-corrected chi connectivity index (χ4v) is 4.50. The van der Waals surface area contributed by atoms with E-state index in [1.165, 1.54) is 59.0 Å². The summed E-state index contributed by atoms with van der Waals surface area (Å²) in [4.78, 5) is 0. The van der Waals surface area contributed by atoms with Crippen LogP contribution in [-0.2, 0) is 0 Å². The van der Waals surface area contributed by atoms with E-state index in [0.29, 0.717) is 0 Å². The Morgan fingerprint density at radius 1 is 0.600 bits per heavy atom. The highest BCUT2D eigenvalue weighted by molar-refractivity contribution is 9.10. The molecule has 0 atom stereocenters. The highest BCUT2D eigenvalue weighted by Crippen LogP contribution is 2.40. The molecule has 0 fully saturated rings. The van der Waals surface area contributed by atoms with Crippen molar-refractivity contribution < 1.29 is 0 Å². The SMILES string of the molecule is Cc1cc(-c2ccc3ccc4cccc5ccc2c3c45)c(C)cc1Br. The van der Waals surface area contributed by atoms with Crippen LogP contribution in [0.2, 0.25) is 0 Å². The Hall–Kier alpha value is -2.38. The first kappa shape index (κ1) is 14.9. The molecule has 0 aliphatic carbocycles. The van der Waals surface area contributed by atoms with Gasteiger partial charge < -0.3 is 0 Å². The molecule has 0 spiro atoms. The molecule has 0 bridgehead atoms.